The average molecular weight is 323 g/mol. The molecule has 0 aliphatic carbocycles. The Labute approximate surface area is 98.1 Å². The third-order valence-electron chi connectivity index (χ3n) is 1.69. The second kappa shape index (κ2) is 4.43. The second-order valence-corrected chi connectivity index (χ2v) is 3.70. The van der Waals surface area contributed by atoms with Crippen LogP contribution in [0.25, 0.3) is 0 Å². The van der Waals surface area contributed by atoms with E-state index in [1.807, 2.05) is 0 Å². The Kier molecular flexibility index (Phi) is 3.45. The van der Waals surface area contributed by atoms with Crippen molar-refractivity contribution in [3.63, 3.8) is 0 Å². The molecule has 6 nitrogen and oxygen atoms in total. The molecular weight excluding hydrogens is 317 g/mol. The van der Waals surface area contributed by atoms with E-state index in [4.69, 9.17) is 0 Å². The van der Waals surface area contributed by atoms with Crippen molar-refractivity contribution in [1.29, 1.82) is 0 Å². The van der Waals surface area contributed by atoms with Gasteiger partial charge in [0.25, 0.3) is 0 Å². The summed E-state index contributed by atoms with van der Waals surface area (Å²) in [6.07, 6.45) is 0. The standard InChI is InChI=1S/C8H6INO5/c1-15-8(12)4-2-3-5(9)6(7(4)11)10(13)14/h2-3,11H,1H3. The van der Waals surface area contributed by atoms with Gasteiger partial charge in [0.1, 0.15) is 5.56 Å². The number of phenolic OH excluding ortho intramolecular Hbond substituents is 1. The number of phenols is 1. The molecule has 1 N–H and O–H groups in total. The summed E-state index contributed by atoms with van der Waals surface area (Å²) >= 11 is 1.70. The average Bonchev–Trinajstić information content (AvgIpc) is 2.16. The number of methoxy groups -OCH3 is 1. The number of hydrogen-bond acceptors (Lipinski definition) is 5. The van der Waals surface area contributed by atoms with Crippen LogP contribution < -0.4 is 0 Å². The first-order chi connectivity index (χ1) is 6.99. The molecule has 0 unspecified atom stereocenters. The number of benzene rings is 1. The molecule has 0 heterocycles. The SMILES string of the molecule is COC(=O)c1ccc(I)c([N+](=O)[O-])c1O. The van der Waals surface area contributed by atoms with E-state index < -0.39 is 22.3 Å². The van der Waals surface area contributed by atoms with Crippen molar-refractivity contribution >= 4 is 34.2 Å². The molecule has 80 valence electrons. The highest BCUT2D eigenvalue weighted by molar-refractivity contribution is 14.1. The van der Waals surface area contributed by atoms with E-state index in [-0.39, 0.29) is 9.13 Å². The molecule has 0 saturated carbocycles. The van der Waals surface area contributed by atoms with Crippen LogP contribution in [-0.2, 0) is 4.74 Å². The monoisotopic (exact) mass is 323 g/mol. The number of rotatable bonds is 2. The summed E-state index contributed by atoms with van der Waals surface area (Å²) in [6, 6.07) is 2.64. The van der Waals surface area contributed by atoms with Crippen LogP contribution in [0.5, 0.6) is 5.75 Å². The molecule has 1 aromatic rings. The second-order valence-electron chi connectivity index (χ2n) is 2.54. The Bertz CT molecular complexity index is 431. The van der Waals surface area contributed by atoms with Crippen molar-refractivity contribution < 1.29 is 19.6 Å². The molecule has 1 rings (SSSR count). The van der Waals surface area contributed by atoms with Gasteiger partial charge in [-0.3, -0.25) is 10.1 Å². The Morgan fingerprint density at radius 3 is 2.67 bits per heavy atom. The zero-order valence-corrected chi connectivity index (χ0v) is 9.72. The van der Waals surface area contributed by atoms with Gasteiger partial charge in [0.15, 0.2) is 0 Å². The lowest BCUT2D eigenvalue weighted by Crippen LogP contribution is -2.04. The molecule has 0 bridgehead atoms. The number of halogens is 1. The third kappa shape index (κ3) is 2.17. The minimum absolute atomic E-state index is 0.218. The van der Waals surface area contributed by atoms with Crippen LogP contribution >= 0.6 is 22.6 Å². The van der Waals surface area contributed by atoms with Crippen molar-refractivity contribution in [2.45, 2.75) is 0 Å². The van der Waals surface area contributed by atoms with Crippen molar-refractivity contribution in [1.82, 2.24) is 0 Å². The number of nitro groups is 1. The first-order valence-electron chi connectivity index (χ1n) is 3.73. The van der Waals surface area contributed by atoms with Crippen LogP contribution in [0.15, 0.2) is 12.1 Å². The van der Waals surface area contributed by atoms with E-state index in [2.05, 4.69) is 4.74 Å². The summed E-state index contributed by atoms with van der Waals surface area (Å²) < 4.78 is 4.62. The molecule has 0 aliphatic rings. The van der Waals surface area contributed by atoms with Gasteiger partial charge in [-0.25, -0.2) is 4.79 Å². The van der Waals surface area contributed by atoms with Crippen molar-refractivity contribution in [2.75, 3.05) is 7.11 Å². The van der Waals surface area contributed by atoms with Gasteiger partial charge in [-0.2, -0.15) is 0 Å². The molecule has 15 heavy (non-hydrogen) atoms. The van der Waals surface area contributed by atoms with Crippen molar-refractivity contribution in [3.05, 3.63) is 31.4 Å². The third-order valence-corrected chi connectivity index (χ3v) is 2.56. The van der Waals surface area contributed by atoms with Gasteiger partial charge in [-0.15, -0.1) is 0 Å². The number of carbonyl (C=O) groups excluding carboxylic acids is 1. The highest BCUT2D eigenvalue weighted by atomic mass is 127. The lowest BCUT2D eigenvalue weighted by atomic mass is 10.2. The Hall–Kier alpha value is -1.38. The van der Waals surface area contributed by atoms with Crippen LogP contribution in [0.2, 0.25) is 0 Å². The maximum absolute atomic E-state index is 11.1. The molecule has 0 amide bonds. The molecule has 0 spiro atoms. The van der Waals surface area contributed by atoms with Crippen LogP contribution in [0, 0.1) is 13.7 Å². The Balaban J connectivity index is 3.41. The van der Waals surface area contributed by atoms with Crippen LogP contribution in [-0.4, -0.2) is 23.1 Å². The van der Waals surface area contributed by atoms with E-state index in [1.165, 1.54) is 12.1 Å². The van der Waals surface area contributed by atoms with Crippen molar-refractivity contribution in [3.8, 4) is 5.75 Å². The zero-order valence-electron chi connectivity index (χ0n) is 7.56. The fraction of sp³-hybridized carbons (Fsp3) is 0.125. The topological polar surface area (TPSA) is 89.7 Å². The first-order valence-corrected chi connectivity index (χ1v) is 4.81. The molecule has 1 aromatic carbocycles. The highest BCUT2D eigenvalue weighted by Crippen LogP contribution is 2.34. The summed E-state index contributed by atoms with van der Waals surface area (Å²) in [5, 5.41) is 20.1. The van der Waals surface area contributed by atoms with E-state index in [1.54, 1.807) is 22.6 Å². The quantitative estimate of drug-likeness (QED) is 0.387. The summed E-state index contributed by atoms with van der Waals surface area (Å²) in [7, 11) is 1.13. The van der Waals surface area contributed by atoms with Gasteiger partial charge in [0, 0.05) is 0 Å². The molecule has 0 atom stereocenters. The number of ether oxygens (including phenoxy) is 1. The fourth-order valence-corrected chi connectivity index (χ4v) is 1.64. The maximum Gasteiger partial charge on any atom is 0.341 e. The zero-order chi connectivity index (χ0) is 11.6. The predicted octanol–water partition coefficient (Wildman–Crippen LogP) is 1.69. The van der Waals surface area contributed by atoms with Crippen LogP contribution in [0.4, 0.5) is 5.69 Å². The van der Waals surface area contributed by atoms with Crippen LogP contribution in [0.3, 0.4) is 0 Å². The van der Waals surface area contributed by atoms with E-state index in [0.717, 1.165) is 7.11 Å². The van der Waals surface area contributed by atoms with Gasteiger partial charge >= 0.3 is 11.7 Å². The Morgan fingerprint density at radius 2 is 2.20 bits per heavy atom. The molecule has 0 fully saturated rings. The fourth-order valence-electron chi connectivity index (χ4n) is 1.00. The molecule has 0 radical (unpaired) electrons. The maximum atomic E-state index is 11.1. The first kappa shape index (κ1) is 11.7. The van der Waals surface area contributed by atoms with Gasteiger partial charge in [0.05, 0.1) is 15.6 Å². The number of carbonyl (C=O) groups is 1. The number of nitrogens with zero attached hydrogens (tertiary/aromatic N) is 1. The van der Waals surface area contributed by atoms with E-state index in [0.29, 0.717) is 0 Å². The molecule has 0 aliphatic heterocycles. The minimum Gasteiger partial charge on any atom is -0.501 e. The molecule has 7 heteroatoms. The summed E-state index contributed by atoms with van der Waals surface area (Å²) in [6.45, 7) is 0. The van der Waals surface area contributed by atoms with Gasteiger partial charge < -0.3 is 9.84 Å². The normalized spacial score (nSPS) is 9.73. The lowest BCUT2D eigenvalue weighted by Gasteiger charge is -2.03. The largest absolute Gasteiger partial charge is 0.501 e. The molecule has 0 aromatic heterocycles. The molecular formula is C8H6INO5. The Morgan fingerprint density at radius 1 is 1.60 bits per heavy atom. The smallest absolute Gasteiger partial charge is 0.341 e. The van der Waals surface area contributed by atoms with E-state index in [9.17, 15) is 20.0 Å². The van der Waals surface area contributed by atoms with E-state index >= 15 is 0 Å². The summed E-state index contributed by atoms with van der Waals surface area (Å²) in [4.78, 5) is 21.0. The van der Waals surface area contributed by atoms with Gasteiger partial charge in [-0.1, -0.05) is 0 Å². The number of hydrogen-bond donors (Lipinski definition) is 1. The lowest BCUT2D eigenvalue weighted by molar-refractivity contribution is -0.386. The highest BCUT2D eigenvalue weighted by Gasteiger charge is 2.25. The minimum atomic E-state index is -0.813. The summed E-state index contributed by atoms with van der Waals surface area (Å²) in [5.41, 5.74) is -0.705. The molecule has 0 saturated heterocycles. The number of esters is 1. The van der Waals surface area contributed by atoms with Crippen LogP contribution in [0.1, 0.15) is 10.4 Å². The summed E-state index contributed by atoms with van der Waals surface area (Å²) in [5.74, 6) is -1.48. The van der Waals surface area contributed by atoms with Crippen molar-refractivity contribution in [2.24, 2.45) is 0 Å². The van der Waals surface area contributed by atoms with Gasteiger partial charge in [-0.05, 0) is 34.7 Å². The van der Waals surface area contributed by atoms with Gasteiger partial charge in [0.2, 0.25) is 5.75 Å². The predicted molar refractivity (Wildman–Crippen MR) is 58.8 cm³/mol. The number of aromatic hydroxyl groups is 1. The number of nitro benzene ring substituents is 1.